The van der Waals surface area contributed by atoms with Gasteiger partial charge < -0.3 is 5.32 Å². The van der Waals surface area contributed by atoms with Crippen molar-refractivity contribution in [3.05, 3.63) is 35.6 Å². The van der Waals surface area contributed by atoms with Crippen LogP contribution in [-0.2, 0) is 11.2 Å². The third-order valence-corrected chi connectivity index (χ3v) is 3.89. The third kappa shape index (κ3) is 4.60. The molecule has 1 aliphatic heterocycles. The van der Waals surface area contributed by atoms with Crippen molar-refractivity contribution in [2.24, 2.45) is 0 Å². The number of rotatable bonds is 5. The Bertz CT molecular complexity index is 427. The number of piperidine rings is 1. The van der Waals surface area contributed by atoms with E-state index in [-0.39, 0.29) is 11.7 Å². The second-order valence-electron chi connectivity index (χ2n) is 5.55. The Labute approximate surface area is 120 Å². The standard InChI is InChI=1S/C16H23FN2O/c1-13(19-9-3-2-4-10-19)12-18-16(20)11-14-5-7-15(17)8-6-14/h5-8,13H,2-4,9-12H2,1H3,(H,18,20). The smallest absolute Gasteiger partial charge is 0.224 e. The lowest BCUT2D eigenvalue weighted by Crippen LogP contribution is -2.44. The van der Waals surface area contributed by atoms with E-state index in [0.717, 1.165) is 18.7 Å². The molecule has 1 heterocycles. The maximum atomic E-state index is 12.8. The van der Waals surface area contributed by atoms with Crippen molar-refractivity contribution in [1.82, 2.24) is 10.2 Å². The first-order chi connectivity index (χ1) is 9.65. The van der Waals surface area contributed by atoms with E-state index in [9.17, 15) is 9.18 Å². The molecular formula is C16H23FN2O. The minimum Gasteiger partial charge on any atom is -0.354 e. The summed E-state index contributed by atoms with van der Waals surface area (Å²) in [6.07, 6.45) is 4.15. The summed E-state index contributed by atoms with van der Waals surface area (Å²) in [5.41, 5.74) is 0.842. The highest BCUT2D eigenvalue weighted by atomic mass is 19.1. The van der Waals surface area contributed by atoms with Crippen LogP contribution in [0.5, 0.6) is 0 Å². The van der Waals surface area contributed by atoms with Gasteiger partial charge in [-0.3, -0.25) is 9.69 Å². The van der Waals surface area contributed by atoms with Crippen LogP contribution in [0.2, 0.25) is 0 Å². The molecule has 0 aromatic heterocycles. The molecule has 3 nitrogen and oxygen atoms in total. The zero-order valence-electron chi connectivity index (χ0n) is 12.1. The van der Waals surface area contributed by atoms with Gasteiger partial charge in [-0.25, -0.2) is 4.39 Å². The van der Waals surface area contributed by atoms with Crippen LogP contribution >= 0.6 is 0 Å². The van der Waals surface area contributed by atoms with Crippen molar-refractivity contribution in [3.8, 4) is 0 Å². The zero-order chi connectivity index (χ0) is 14.4. The van der Waals surface area contributed by atoms with E-state index in [2.05, 4.69) is 17.1 Å². The number of nitrogens with one attached hydrogen (secondary N) is 1. The van der Waals surface area contributed by atoms with Gasteiger partial charge in [0.1, 0.15) is 5.82 Å². The van der Waals surface area contributed by atoms with Crippen molar-refractivity contribution in [2.45, 2.75) is 38.6 Å². The molecule has 1 aromatic carbocycles. The van der Waals surface area contributed by atoms with Crippen LogP contribution in [0.4, 0.5) is 4.39 Å². The second-order valence-corrected chi connectivity index (χ2v) is 5.55. The van der Waals surface area contributed by atoms with Gasteiger partial charge >= 0.3 is 0 Å². The highest BCUT2D eigenvalue weighted by Crippen LogP contribution is 2.11. The molecule has 1 N–H and O–H groups in total. The fourth-order valence-corrected chi connectivity index (χ4v) is 2.60. The Hall–Kier alpha value is -1.42. The fraction of sp³-hybridized carbons (Fsp3) is 0.562. The summed E-state index contributed by atoms with van der Waals surface area (Å²) in [5, 5.41) is 2.97. The highest BCUT2D eigenvalue weighted by Gasteiger charge is 2.17. The van der Waals surface area contributed by atoms with Crippen molar-refractivity contribution in [2.75, 3.05) is 19.6 Å². The van der Waals surface area contributed by atoms with Gasteiger partial charge in [0.15, 0.2) is 0 Å². The molecule has 1 aromatic rings. The second kappa shape index (κ2) is 7.39. The van der Waals surface area contributed by atoms with Crippen molar-refractivity contribution < 1.29 is 9.18 Å². The maximum Gasteiger partial charge on any atom is 0.224 e. The number of likely N-dealkylation sites (tertiary alicyclic amines) is 1. The number of amides is 1. The number of carbonyl (C=O) groups is 1. The molecule has 0 aliphatic carbocycles. The first-order valence-corrected chi connectivity index (χ1v) is 7.40. The largest absolute Gasteiger partial charge is 0.354 e. The summed E-state index contributed by atoms with van der Waals surface area (Å²) in [6.45, 7) is 5.10. The fourth-order valence-electron chi connectivity index (χ4n) is 2.60. The molecule has 0 bridgehead atoms. The molecule has 1 fully saturated rings. The van der Waals surface area contributed by atoms with Gasteiger partial charge in [-0.2, -0.15) is 0 Å². The van der Waals surface area contributed by atoms with E-state index in [1.54, 1.807) is 12.1 Å². The Kier molecular flexibility index (Phi) is 5.53. The lowest BCUT2D eigenvalue weighted by Gasteiger charge is -2.32. The van der Waals surface area contributed by atoms with E-state index < -0.39 is 0 Å². The molecule has 1 atom stereocenters. The third-order valence-electron chi connectivity index (χ3n) is 3.89. The topological polar surface area (TPSA) is 32.3 Å². The molecular weight excluding hydrogens is 255 g/mol. The van der Waals surface area contributed by atoms with Crippen LogP contribution in [-0.4, -0.2) is 36.5 Å². The number of carbonyl (C=O) groups excluding carboxylic acids is 1. The first-order valence-electron chi connectivity index (χ1n) is 7.40. The van der Waals surface area contributed by atoms with Crippen LogP contribution in [0.25, 0.3) is 0 Å². The molecule has 0 spiro atoms. The van der Waals surface area contributed by atoms with Gasteiger partial charge in [0.2, 0.25) is 5.91 Å². The lowest BCUT2D eigenvalue weighted by molar-refractivity contribution is -0.120. The maximum absolute atomic E-state index is 12.8. The van der Waals surface area contributed by atoms with Crippen molar-refractivity contribution >= 4 is 5.91 Å². The van der Waals surface area contributed by atoms with Gasteiger partial charge in [0, 0.05) is 12.6 Å². The Morgan fingerprint density at radius 3 is 2.55 bits per heavy atom. The van der Waals surface area contributed by atoms with Gasteiger partial charge in [0.05, 0.1) is 6.42 Å². The van der Waals surface area contributed by atoms with Gasteiger partial charge in [0.25, 0.3) is 0 Å². The molecule has 1 saturated heterocycles. The summed E-state index contributed by atoms with van der Waals surface area (Å²) in [6, 6.07) is 6.47. The summed E-state index contributed by atoms with van der Waals surface area (Å²) in [5.74, 6) is -0.270. The van der Waals surface area contributed by atoms with Crippen molar-refractivity contribution in [1.29, 1.82) is 0 Å². The molecule has 1 amide bonds. The minimum atomic E-state index is -0.270. The van der Waals surface area contributed by atoms with Gasteiger partial charge in [-0.05, 0) is 50.6 Å². The number of nitrogens with zero attached hydrogens (tertiary/aromatic N) is 1. The normalized spacial score (nSPS) is 17.7. The number of halogens is 1. The van der Waals surface area contributed by atoms with Crippen LogP contribution in [0, 0.1) is 5.82 Å². The predicted octanol–water partition coefficient (Wildman–Crippen LogP) is 2.36. The van der Waals surface area contributed by atoms with E-state index in [4.69, 9.17) is 0 Å². The van der Waals surface area contributed by atoms with Gasteiger partial charge in [-0.15, -0.1) is 0 Å². The van der Waals surface area contributed by atoms with E-state index in [0.29, 0.717) is 19.0 Å². The van der Waals surface area contributed by atoms with Crippen LogP contribution in [0.3, 0.4) is 0 Å². The number of benzene rings is 1. The first kappa shape index (κ1) is 15.0. The number of hydrogen-bond donors (Lipinski definition) is 1. The summed E-state index contributed by atoms with van der Waals surface area (Å²) in [4.78, 5) is 14.3. The molecule has 20 heavy (non-hydrogen) atoms. The van der Waals surface area contributed by atoms with Crippen LogP contribution < -0.4 is 5.32 Å². The summed E-state index contributed by atoms with van der Waals surface area (Å²) in [7, 11) is 0. The van der Waals surface area contributed by atoms with Crippen LogP contribution in [0.15, 0.2) is 24.3 Å². The summed E-state index contributed by atoms with van der Waals surface area (Å²) < 4.78 is 12.8. The van der Waals surface area contributed by atoms with Crippen molar-refractivity contribution in [3.63, 3.8) is 0 Å². The van der Waals surface area contributed by atoms with E-state index in [1.807, 2.05) is 0 Å². The lowest BCUT2D eigenvalue weighted by atomic mass is 10.1. The quantitative estimate of drug-likeness (QED) is 0.896. The highest BCUT2D eigenvalue weighted by molar-refractivity contribution is 5.78. The average Bonchev–Trinajstić information content (AvgIpc) is 2.48. The monoisotopic (exact) mass is 278 g/mol. The SMILES string of the molecule is CC(CNC(=O)Cc1ccc(F)cc1)N1CCCCC1. The average molecular weight is 278 g/mol. The number of hydrogen-bond acceptors (Lipinski definition) is 2. The Morgan fingerprint density at radius 1 is 1.25 bits per heavy atom. The van der Waals surface area contributed by atoms with Crippen LogP contribution in [0.1, 0.15) is 31.7 Å². The minimum absolute atomic E-state index is 0.000433. The Balaban J connectivity index is 1.72. The molecule has 4 heteroatoms. The molecule has 2 rings (SSSR count). The molecule has 0 saturated carbocycles. The zero-order valence-corrected chi connectivity index (χ0v) is 12.1. The Morgan fingerprint density at radius 2 is 1.90 bits per heavy atom. The molecule has 110 valence electrons. The molecule has 0 radical (unpaired) electrons. The summed E-state index contributed by atoms with van der Waals surface area (Å²) >= 11 is 0. The van der Waals surface area contributed by atoms with E-state index in [1.165, 1.54) is 31.4 Å². The van der Waals surface area contributed by atoms with Gasteiger partial charge in [-0.1, -0.05) is 18.6 Å². The predicted molar refractivity (Wildman–Crippen MR) is 78.0 cm³/mol. The van der Waals surface area contributed by atoms with E-state index >= 15 is 0 Å². The molecule has 1 aliphatic rings. The molecule has 1 unspecified atom stereocenters.